The first-order chi connectivity index (χ1) is 9.60. The molecule has 0 aliphatic carbocycles. The van der Waals surface area contributed by atoms with Crippen LogP contribution in [0.15, 0.2) is 56.3 Å². The maximum Gasteiger partial charge on any atom is 0.265 e. The average Bonchev–Trinajstić information content (AvgIpc) is 2.46. The fraction of sp³-hybridized carbons (Fsp3) is 0.0714. The van der Waals surface area contributed by atoms with Gasteiger partial charge in [-0.05, 0) is 42.0 Å². The molecule has 3 nitrogen and oxygen atoms in total. The molecule has 2 aromatic rings. The third-order valence-corrected chi connectivity index (χ3v) is 4.98. The molecular formula is C14H12Br2N2OS. The van der Waals surface area contributed by atoms with Gasteiger partial charge in [0.05, 0.1) is 0 Å². The van der Waals surface area contributed by atoms with Crippen LogP contribution in [0.3, 0.4) is 0 Å². The highest BCUT2D eigenvalue weighted by Gasteiger charge is 2.07. The zero-order valence-corrected chi connectivity index (χ0v) is 14.4. The molecule has 0 atom stereocenters. The first-order valence-electron chi connectivity index (χ1n) is 5.78. The summed E-state index contributed by atoms with van der Waals surface area (Å²) in [7, 11) is 0. The van der Waals surface area contributed by atoms with Crippen molar-refractivity contribution < 1.29 is 4.79 Å². The quantitative estimate of drug-likeness (QED) is 0.342. The van der Waals surface area contributed by atoms with Crippen molar-refractivity contribution in [2.24, 2.45) is 5.84 Å². The lowest BCUT2D eigenvalue weighted by Gasteiger charge is -2.07. The van der Waals surface area contributed by atoms with Gasteiger partial charge in [0.25, 0.3) is 5.91 Å². The van der Waals surface area contributed by atoms with Crippen molar-refractivity contribution in [1.29, 1.82) is 0 Å². The molecule has 0 aliphatic heterocycles. The Morgan fingerprint density at radius 1 is 1.15 bits per heavy atom. The number of nitrogen functional groups attached to an aromatic ring is 1. The van der Waals surface area contributed by atoms with E-state index < -0.39 is 0 Å². The molecule has 0 saturated heterocycles. The van der Waals surface area contributed by atoms with Gasteiger partial charge in [0.1, 0.15) is 0 Å². The van der Waals surface area contributed by atoms with Crippen molar-refractivity contribution in [1.82, 2.24) is 5.43 Å². The van der Waals surface area contributed by atoms with Crippen LogP contribution in [0.2, 0.25) is 0 Å². The second kappa shape index (κ2) is 7.26. The molecule has 0 aromatic heterocycles. The molecule has 0 saturated carbocycles. The number of thioether (sulfide) groups is 1. The maximum absolute atomic E-state index is 11.4. The Kier molecular flexibility index (Phi) is 5.65. The minimum Gasteiger partial charge on any atom is -0.290 e. The second-order valence-electron chi connectivity index (χ2n) is 4.02. The molecule has 1 amide bonds. The fourth-order valence-corrected chi connectivity index (χ4v) is 3.45. The Bertz CT molecular complexity index is 617. The number of hydrogen-bond donors (Lipinski definition) is 2. The molecule has 2 rings (SSSR count). The topological polar surface area (TPSA) is 55.1 Å². The monoisotopic (exact) mass is 414 g/mol. The lowest BCUT2D eigenvalue weighted by Crippen LogP contribution is -2.29. The molecule has 0 radical (unpaired) electrons. The summed E-state index contributed by atoms with van der Waals surface area (Å²) in [5.41, 5.74) is 3.79. The van der Waals surface area contributed by atoms with E-state index >= 15 is 0 Å². The third-order valence-electron chi connectivity index (χ3n) is 2.65. The van der Waals surface area contributed by atoms with E-state index in [0.717, 1.165) is 20.3 Å². The van der Waals surface area contributed by atoms with Gasteiger partial charge in [0.2, 0.25) is 0 Å². The van der Waals surface area contributed by atoms with Crippen LogP contribution in [-0.4, -0.2) is 5.91 Å². The molecule has 6 heteroatoms. The summed E-state index contributed by atoms with van der Waals surface area (Å²) in [4.78, 5) is 12.6. The lowest BCUT2D eigenvalue weighted by molar-refractivity contribution is 0.0953. The highest BCUT2D eigenvalue weighted by atomic mass is 79.9. The fourth-order valence-electron chi connectivity index (χ4n) is 1.58. The molecule has 20 heavy (non-hydrogen) atoms. The summed E-state index contributed by atoms with van der Waals surface area (Å²) >= 11 is 8.65. The number of hydrazine groups is 1. The Labute approximate surface area is 138 Å². The normalized spacial score (nSPS) is 10.3. The number of hydrogen-bond acceptors (Lipinski definition) is 3. The highest BCUT2D eigenvalue weighted by molar-refractivity contribution is 9.10. The van der Waals surface area contributed by atoms with Gasteiger partial charge in [0, 0.05) is 25.2 Å². The predicted octanol–water partition coefficient (Wildman–Crippen LogP) is 4.11. The van der Waals surface area contributed by atoms with Crippen LogP contribution in [0, 0.1) is 0 Å². The van der Waals surface area contributed by atoms with E-state index in [2.05, 4.69) is 49.4 Å². The molecule has 0 unspecified atom stereocenters. The van der Waals surface area contributed by atoms with Crippen LogP contribution in [0.25, 0.3) is 0 Å². The van der Waals surface area contributed by atoms with E-state index in [-0.39, 0.29) is 5.91 Å². The first-order valence-corrected chi connectivity index (χ1v) is 8.35. The summed E-state index contributed by atoms with van der Waals surface area (Å²) < 4.78 is 1.98. The molecule has 0 fully saturated rings. The minimum atomic E-state index is -0.294. The number of nitrogens with two attached hydrogens (primary N) is 1. The molecule has 104 valence electrons. The molecule has 0 aliphatic rings. The predicted molar refractivity (Wildman–Crippen MR) is 89.5 cm³/mol. The van der Waals surface area contributed by atoms with Crippen LogP contribution in [-0.2, 0) is 5.75 Å². The molecule has 0 bridgehead atoms. The first kappa shape index (κ1) is 15.6. The van der Waals surface area contributed by atoms with Gasteiger partial charge in [-0.25, -0.2) is 5.84 Å². The van der Waals surface area contributed by atoms with Crippen LogP contribution < -0.4 is 11.3 Å². The van der Waals surface area contributed by atoms with Crippen LogP contribution in [0.5, 0.6) is 0 Å². The summed E-state index contributed by atoms with van der Waals surface area (Å²) in [6.07, 6.45) is 0. The van der Waals surface area contributed by atoms with E-state index in [9.17, 15) is 4.79 Å². The lowest BCUT2D eigenvalue weighted by atomic mass is 10.1. The number of benzene rings is 2. The number of rotatable bonds is 4. The maximum atomic E-state index is 11.4. The Morgan fingerprint density at radius 2 is 1.85 bits per heavy atom. The van der Waals surface area contributed by atoms with E-state index in [1.165, 1.54) is 4.90 Å². The van der Waals surface area contributed by atoms with Crippen molar-refractivity contribution in [3.63, 3.8) is 0 Å². The molecule has 3 N–H and O–H groups in total. The zero-order chi connectivity index (χ0) is 14.5. The Balaban J connectivity index is 2.06. The second-order valence-corrected chi connectivity index (χ2v) is 6.84. The van der Waals surface area contributed by atoms with Gasteiger partial charge in [-0.3, -0.25) is 10.2 Å². The summed E-state index contributed by atoms with van der Waals surface area (Å²) in [5.74, 6) is 5.65. The zero-order valence-electron chi connectivity index (χ0n) is 10.4. The van der Waals surface area contributed by atoms with E-state index in [0.29, 0.717) is 5.56 Å². The molecule has 0 spiro atoms. The number of amides is 1. The summed E-state index contributed by atoms with van der Waals surface area (Å²) in [6, 6.07) is 13.7. The molecular weight excluding hydrogens is 404 g/mol. The van der Waals surface area contributed by atoms with E-state index in [1.807, 2.05) is 18.2 Å². The number of carbonyl (C=O) groups is 1. The van der Waals surface area contributed by atoms with E-state index in [4.69, 9.17) is 5.84 Å². The van der Waals surface area contributed by atoms with E-state index in [1.54, 1.807) is 23.9 Å². The van der Waals surface area contributed by atoms with Crippen molar-refractivity contribution in [2.75, 3.05) is 0 Å². The standard InChI is InChI=1S/C14H12Br2N2OS/c15-11-3-5-12(6-4-11)20-8-10-2-1-9(7-13(10)16)14(19)18-17/h1-7H,8,17H2,(H,18,19). The van der Waals surface area contributed by atoms with Gasteiger partial charge < -0.3 is 0 Å². The Hall–Kier alpha value is -0.820. The SMILES string of the molecule is NNC(=O)c1ccc(CSc2ccc(Br)cc2)c(Br)c1. The highest BCUT2D eigenvalue weighted by Crippen LogP contribution is 2.28. The smallest absolute Gasteiger partial charge is 0.265 e. The summed E-state index contributed by atoms with van der Waals surface area (Å²) in [6.45, 7) is 0. The number of halogens is 2. The van der Waals surface area contributed by atoms with Crippen molar-refractivity contribution >= 4 is 49.5 Å². The third kappa shape index (κ3) is 4.09. The molecule has 0 heterocycles. The number of nitrogens with one attached hydrogen (secondary N) is 1. The summed E-state index contributed by atoms with van der Waals surface area (Å²) in [5, 5.41) is 0. The van der Waals surface area contributed by atoms with Crippen molar-refractivity contribution in [3.05, 3.63) is 62.5 Å². The van der Waals surface area contributed by atoms with Gasteiger partial charge >= 0.3 is 0 Å². The van der Waals surface area contributed by atoms with Crippen LogP contribution in [0.4, 0.5) is 0 Å². The van der Waals surface area contributed by atoms with Gasteiger partial charge in [-0.1, -0.05) is 37.9 Å². The van der Waals surface area contributed by atoms with Crippen molar-refractivity contribution in [3.8, 4) is 0 Å². The number of carbonyl (C=O) groups excluding carboxylic acids is 1. The van der Waals surface area contributed by atoms with Crippen LogP contribution in [0.1, 0.15) is 15.9 Å². The van der Waals surface area contributed by atoms with Gasteiger partial charge in [0.15, 0.2) is 0 Å². The minimum absolute atomic E-state index is 0.294. The largest absolute Gasteiger partial charge is 0.290 e. The molecule has 2 aromatic carbocycles. The van der Waals surface area contributed by atoms with Crippen molar-refractivity contribution in [2.45, 2.75) is 10.6 Å². The Morgan fingerprint density at radius 3 is 2.45 bits per heavy atom. The van der Waals surface area contributed by atoms with Gasteiger partial charge in [-0.15, -0.1) is 11.8 Å². The average molecular weight is 416 g/mol. The van der Waals surface area contributed by atoms with Gasteiger partial charge in [-0.2, -0.15) is 0 Å². The van der Waals surface area contributed by atoms with Crippen LogP contribution >= 0.6 is 43.6 Å².